The van der Waals surface area contributed by atoms with E-state index in [1.807, 2.05) is 0 Å². The van der Waals surface area contributed by atoms with Crippen LogP contribution in [0.3, 0.4) is 0 Å². The first kappa shape index (κ1) is 38.6. The zero-order chi connectivity index (χ0) is 40.2. The SMILES string of the molecule is CCCCCCc1ccc(-c2ccc3c(c2)[C@](C)(CC)c2cc4c5cc6c(cc5n(C)c4cc2-3)-c2ccc(-c3ccc(CCCCCC)cc3)cc2[C@@]6(C)CC)cc1. The summed E-state index contributed by atoms with van der Waals surface area (Å²) in [6.45, 7) is 14.3. The monoisotopic (exact) mass is 761 g/mol. The van der Waals surface area contributed by atoms with E-state index in [0.29, 0.717) is 0 Å². The van der Waals surface area contributed by atoms with Crippen LogP contribution in [-0.2, 0) is 30.7 Å². The molecule has 1 heterocycles. The Morgan fingerprint density at radius 2 is 0.776 bits per heavy atom. The van der Waals surface area contributed by atoms with E-state index in [9.17, 15) is 0 Å². The molecular weight excluding hydrogens is 699 g/mol. The minimum Gasteiger partial charge on any atom is -0.344 e. The molecule has 0 aliphatic heterocycles. The van der Waals surface area contributed by atoms with Crippen LogP contribution in [0.2, 0.25) is 0 Å². The summed E-state index contributed by atoms with van der Waals surface area (Å²) in [5.41, 5.74) is 22.2. The van der Waals surface area contributed by atoms with Gasteiger partial charge in [-0.25, -0.2) is 0 Å². The Bertz CT molecular complexity index is 2450. The molecule has 0 unspecified atom stereocenters. The maximum Gasteiger partial charge on any atom is 0.0495 e. The van der Waals surface area contributed by atoms with E-state index in [0.717, 1.165) is 12.8 Å². The number of nitrogens with zero attached hydrogens (tertiary/aromatic N) is 1. The first-order valence-electron chi connectivity index (χ1n) is 22.8. The molecule has 7 aromatic rings. The standard InChI is InChI=1S/C57H63N/c1-8-12-14-16-18-38-20-24-40(25-21-38)42-28-30-44-46-36-54-48(34-52(46)56(5,10-3)50(44)32-42)49-35-53-47(37-55(49)58(54)7)45-31-29-43(33-51(45)57(53,6)11-4)41-26-22-39(23-27-41)19-17-15-13-9-2/h20-37H,8-19H2,1-7H3/t56-,57+. The van der Waals surface area contributed by atoms with E-state index in [4.69, 9.17) is 0 Å². The van der Waals surface area contributed by atoms with Gasteiger partial charge in [0.1, 0.15) is 0 Å². The van der Waals surface area contributed by atoms with Crippen LogP contribution in [0, 0.1) is 0 Å². The lowest BCUT2D eigenvalue weighted by molar-refractivity contribution is 0.565. The van der Waals surface area contributed by atoms with Crippen molar-refractivity contribution in [3.8, 4) is 44.5 Å². The Morgan fingerprint density at radius 1 is 0.397 bits per heavy atom. The third-order valence-corrected chi connectivity index (χ3v) is 14.9. The molecule has 6 aromatic carbocycles. The summed E-state index contributed by atoms with van der Waals surface area (Å²) in [7, 11) is 2.28. The van der Waals surface area contributed by atoms with Crippen LogP contribution in [-0.4, -0.2) is 4.57 Å². The van der Waals surface area contributed by atoms with Gasteiger partial charge in [-0.1, -0.05) is 153 Å². The molecule has 0 saturated heterocycles. The third kappa shape index (κ3) is 6.27. The fraction of sp³-hybridized carbons (Fsp3) is 0.368. The number of rotatable bonds is 14. The molecule has 0 saturated carbocycles. The van der Waals surface area contributed by atoms with Crippen molar-refractivity contribution in [1.29, 1.82) is 0 Å². The van der Waals surface area contributed by atoms with E-state index in [-0.39, 0.29) is 10.8 Å². The molecule has 1 aromatic heterocycles. The highest BCUT2D eigenvalue weighted by Gasteiger charge is 2.41. The number of fused-ring (bicyclic) bond motifs is 9. The first-order valence-corrected chi connectivity index (χ1v) is 22.8. The number of hydrogen-bond acceptors (Lipinski definition) is 0. The molecule has 0 spiro atoms. The van der Waals surface area contributed by atoms with Gasteiger partial charge < -0.3 is 4.57 Å². The van der Waals surface area contributed by atoms with E-state index < -0.39 is 0 Å². The number of aromatic nitrogens is 1. The van der Waals surface area contributed by atoms with Crippen molar-refractivity contribution in [1.82, 2.24) is 4.57 Å². The molecule has 9 rings (SSSR count). The summed E-state index contributed by atoms with van der Waals surface area (Å²) in [5, 5.41) is 2.76. The van der Waals surface area contributed by atoms with Gasteiger partial charge in [0.25, 0.3) is 0 Å². The number of benzene rings is 6. The quantitative estimate of drug-likeness (QED) is 0.0973. The van der Waals surface area contributed by atoms with Crippen molar-refractivity contribution in [3.63, 3.8) is 0 Å². The van der Waals surface area contributed by atoms with E-state index in [1.165, 1.54) is 164 Å². The van der Waals surface area contributed by atoms with Crippen molar-refractivity contribution in [2.45, 2.75) is 129 Å². The second-order valence-corrected chi connectivity index (χ2v) is 18.3. The van der Waals surface area contributed by atoms with E-state index in [1.54, 1.807) is 0 Å². The van der Waals surface area contributed by atoms with Gasteiger partial charge in [-0.05, 0) is 153 Å². The van der Waals surface area contributed by atoms with Gasteiger partial charge in [-0.3, -0.25) is 0 Å². The molecule has 2 aliphatic carbocycles. The topological polar surface area (TPSA) is 4.93 Å². The van der Waals surface area contributed by atoms with Gasteiger partial charge >= 0.3 is 0 Å². The Hall–Kier alpha value is -4.88. The summed E-state index contributed by atoms with van der Waals surface area (Å²) in [4.78, 5) is 0. The average Bonchev–Trinajstić information content (AvgIpc) is 3.78. The van der Waals surface area contributed by atoms with Gasteiger partial charge in [0.2, 0.25) is 0 Å². The average molecular weight is 762 g/mol. The normalized spacial score (nSPS) is 17.8. The predicted molar refractivity (Wildman–Crippen MR) is 251 cm³/mol. The fourth-order valence-corrected chi connectivity index (χ4v) is 10.8. The van der Waals surface area contributed by atoms with Crippen molar-refractivity contribution < 1.29 is 0 Å². The Kier molecular flexibility index (Phi) is 10.2. The van der Waals surface area contributed by atoms with Crippen molar-refractivity contribution in [2.75, 3.05) is 0 Å². The summed E-state index contributed by atoms with van der Waals surface area (Å²) in [6.07, 6.45) is 15.0. The van der Waals surface area contributed by atoms with Crippen LogP contribution >= 0.6 is 0 Å². The minimum absolute atomic E-state index is 0.0508. The van der Waals surface area contributed by atoms with E-state index >= 15 is 0 Å². The van der Waals surface area contributed by atoms with Crippen LogP contribution in [0.15, 0.2) is 109 Å². The van der Waals surface area contributed by atoms with Gasteiger partial charge in [-0.2, -0.15) is 0 Å². The van der Waals surface area contributed by atoms with Crippen LogP contribution < -0.4 is 0 Å². The second kappa shape index (κ2) is 15.4. The molecule has 2 atom stereocenters. The summed E-state index contributed by atoms with van der Waals surface area (Å²) < 4.78 is 2.46. The van der Waals surface area contributed by atoms with Crippen molar-refractivity contribution in [3.05, 3.63) is 143 Å². The van der Waals surface area contributed by atoms with Crippen molar-refractivity contribution >= 4 is 21.8 Å². The molecule has 0 fully saturated rings. The summed E-state index contributed by atoms with van der Waals surface area (Å²) in [5.74, 6) is 0. The molecule has 2 aliphatic rings. The van der Waals surface area contributed by atoms with Crippen molar-refractivity contribution in [2.24, 2.45) is 7.05 Å². The highest BCUT2D eigenvalue weighted by atomic mass is 14.9. The Labute approximate surface area is 348 Å². The Morgan fingerprint density at radius 3 is 1.16 bits per heavy atom. The van der Waals surface area contributed by atoms with Crippen LogP contribution in [0.25, 0.3) is 66.3 Å². The molecule has 0 amide bonds. The van der Waals surface area contributed by atoms with Gasteiger partial charge in [0, 0.05) is 39.7 Å². The molecule has 0 radical (unpaired) electrons. The summed E-state index contributed by atoms with van der Waals surface area (Å²) >= 11 is 0. The maximum atomic E-state index is 2.58. The zero-order valence-electron chi connectivity index (χ0n) is 36.3. The number of aryl methyl sites for hydroxylation is 3. The first-order chi connectivity index (χ1) is 28.2. The molecule has 0 bridgehead atoms. The van der Waals surface area contributed by atoms with Crippen LogP contribution in [0.5, 0.6) is 0 Å². The summed E-state index contributed by atoms with van der Waals surface area (Å²) in [6, 6.07) is 43.5. The number of hydrogen-bond donors (Lipinski definition) is 0. The molecule has 1 nitrogen and oxygen atoms in total. The molecule has 296 valence electrons. The molecule has 1 heteroatoms. The lowest BCUT2D eigenvalue weighted by Crippen LogP contribution is -2.19. The third-order valence-electron chi connectivity index (χ3n) is 14.9. The predicted octanol–water partition coefficient (Wildman–Crippen LogP) is 16.3. The highest BCUT2D eigenvalue weighted by molar-refractivity contribution is 6.12. The second-order valence-electron chi connectivity index (χ2n) is 18.3. The minimum atomic E-state index is -0.0508. The lowest BCUT2D eigenvalue weighted by Gasteiger charge is -2.26. The van der Waals surface area contributed by atoms with Gasteiger partial charge in [0.15, 0.2) is 0 Å². The van der Waals surface area contributed by atoms with E-state index in [2.05, 4.69) is 162 Å². The smallest absolute Gasteiger partial charge is 0.0495 e. The Balaban J connectivity index is 1.07. The zero-order valence-corrected chi connectivity index (χ0v) is 36.3. The van der Waals surface area contributed by atoms with Gasteiger partial charge in [-0.15, -0.1) is 0 Å². The highest BCUT2D eigenvalue weighted by Crippen LogP contribution is 2.56. The van der Waals surface area contributed by atoms with Crippen LogP contribution in [0.1, 0.15) is 139 Å². The van der Waals surface area contributed by atoms with Crippen LogP contribution in [0.4, 0.5) is 0 Å². The number of unbranched alkanes of at least 4 members (excludes halogenated alkanes) is 6. The molecular formula is C57H63N. The molecule has 58 heavy (non-hydrogen) atoms. The van der Waals surface area contributed by atoms with Gasteiger partial charge in [0.05, 0.1) is 0 Å². The lowest BCUT2D eigenvalue weighted by atomic mass is 9.76. The largest absolute Gasteiger partial charge is 0.344 e. The molecule has 0 N–H and O–H groups in total. The fourth-order valence-electron chi connectivity index (χ4n) is 10.8. The maximum absolute atomic E-state index is 2.58.